The predicted octanol–water partition coefficient (Wildman–Crippen LogP) is 0.661. The average molecular weight is 150 g/mol. The van der Waals surface area contributed by atoms with Gasteiger partial charge in [0.2, 0.25) is 0 Å². The molecule has 2 N–H and O–H groups in total. The molecule has 0 fully saturated rings. The fourth-order valence-electron chi connectivity index (χ4n) is 0.708. The van der Waals surface area contributed by atoms with Crippen molar-refractivity contribution in [2.24, 2.45) is 5.73 Å². The average Bonchev–Trinajstić information content (AvgIpc) is 2.05. The SMILES string of the molecule is C#Cc1ccc(F)c(CN)n1. The van der Waals surface area contributed by atoms with E-state index in [1.807, 2.05) is 0 Å². The van der Waals surface area contributed by atoms with Crippen molar-refractivity contribution in [3.05, 3.63) is 29.3 Å². The summed E-state index contributed by atoms with van der Waals surface area (Å²) in [5, 5.41) is 0. The van der Waals surface area contributed by atoms with Crippen LogP contribution in [0, 0.1) is 18.2 Å². The maximum Gasteiger partial charge on any atom is 0.146 e. The summed E-state index contributed by atoms with van der Waals surface area (Å²) in [5.41, 5.74) is 5.82. The fraction of sp³-hybridized carbons (Fsp3) is 0.125. The van der Waals surface area contributed by atoms with Gasteiger partial charge in [0.05, 0.1) is 5.69 Å². The van der Waals surface area contributed by atoms with Crippen LogP contribution in [0.2, 0.25) is 0 Å². The first kappa shape index (κ1) is 7.70. The van der Waals surface area contributed by atoms with Gasteiger partial charge in [0.1, 0.15) is 11.5 Å². The molecule has 0 aliphatic heterocycles. The highest BCUT2D eigenvalue weighted by Crippen LogP contribution is 2.03. The lowest BCUT2D eigenvalue weighted by molar-refractivity contribution is 0.599. The number of rotatable bonds is 1. The Labute approximate surface area is 64.3 Å². The van der Waals surface area contributed by atoms with Crippen LogP contribution in [0.25, 0.3) is 0 Å². The zero-order valence-corrected chi connectivity index (χ0v) is 5.84. The van der Waals surface area contributed by atoms with Crippen LogP contribution in [0.1, 0.15) is 11.4 Å². The molecule has 1 heterocycles. The summed E-state index contributed by atoms with van der Waals surface area (Å²) in [4.78, 5) is 3.77. The third-order valence-corrected chi connectivity index (χ3v) is 1.26. The molecular weight excluding hydrogens is 143 g/mol. The first-order chi connectivity index (χ1) is 5.27. The molecule has 1 aromatic heterocycles. The monoisotopic (exact) mass is 150 g/mol. The van der Waals surface area contributed by atoms with E-state index in [9.17, 15) is 4.39 Å². The number of nitrogens with two attached hydrogens (primary N) is 1. The molecule has 0 aliphatic rings. The molecule has 3 heteroatoms. The molecule has 0 atom stereocenters. The Kier molecular flexibility index (Phi) is 2.19. The normalized spacial score (nSPS) is 9.18. The number of terminal acetylenes is 1. The van der Waals surface area contributed by atoms with Crippen LogP contribution in [-0.4, -0.2) is 4.98 Å². The molecule has 0 amide bonds. The van der Waals surface area contributed by atoms with E-state index < -0.39 is 5.82 Å². The number of aromatic nitrogens is 1. The van der Waals surface area contributed by atoms with Crippen LogP contribution in [0.5, 0.6) is 0 Å². The summed E-state index contributed by atoms with van der Waals surface area (Å²) in [5.74, 6) is 1.88. The zero-order chi connectivity index (χ0) is 8.27. The standard InChI is InChI=1S/C8H7FN2/c1-2-6-3-4-7(9)8(5-10)11-6/h1,3-4H,5,10H2. The van der Waals surface area contributed by atoms with E-state index in [-0.39, 0.29) is 12.2 Å². The van der Waals surface area contributed by atoms with E-state index in [0.717, 1.165) is 0 Å². The maximum absolute atomic E-state index is 12.7. The highest BCUT2D eigenvalue weighted by atomic mass is 19.1. The molecule has 0 saturated carbocycles. The van der Waals surface area contributed by atoms with E-state index >= 15 is 0 Å². The summed E-state index contributed by atoms with van der Waals surface area (Å²) in [6, 6.07) is 2.71. The van der Waals surface area contributed by atoms with Gasteiger partial charge in [-0.25, -0.2) is 9.37 Å². The van der Waals surface area contributed by atoms with Crippen LogP contribution < -0.4 is 5.73 Å². The molecule has 56 valence electrons. The molecule has 0 saturated heterocycles. The molecule has 0 aliphatic carbocycles. The third kappa shape index (κ3) is 1.54. The van der Waals surface area contributed by atoms with Crippen molar-refractivity contribution in [3.8, 4) is 12.3 Å². The molecule has 2 nitrogen and oxygen atoms in total. The number of pyridine rings is 1. The van der Waals surface area contributed by atoms with Crippen molar-refractivity contribution in [3.63, 3.8) is 0 Å². The number of hydrogen-bond donors (Lipinski definition) is 1. The third-order valence-electron chi connectivity index (χ3n) is 1.26. The van der Waals surface area contributed by atoms with E-state index in [4.69, 9.17) is 12.2 Å². The fourth-order valence-corrected chi connectivity index (χ4v) is 0.708. The van der Waals surface area contributed by atoms with Gasteiger partial charge in [-0.2, -0.15) is 0 Å². The number of halogens is 1. The first-order valence-electron chi connectivity index (χ1n) is 3.10. The highest BCUT2D eigenvalue weighted by molar-refractivity contribution is 5.26. The van der Waals surface area contributed by atoms with Crippen molar-refractivity contribution in [1.82, 2.24) is 4.98 Å². The molecule has 11 heavy (non-hydrogen) atoms. The van der Waals surface area contributed by atoms with Crippen molar-refractivity contribution in [2.75, 3.05) is 0 Å². The molecular formula is C8H7FN2. The van der Waals surface area contributed by atoms with Crippen LogP contribution in [0.15, 0.2) is 12.1 Å². The Bertz CT molecular complexity index is 301. The Hall–Kier alpha value is -1.40. The van der Waals surface area contributed by atoms with Gasteiger partial charge in [-0.3, -0.25) is 0 Å². The van der Waals surface area contributed by atoms with Crippen LogP contribution in [-0.2, 0) is 6.54 Å². The molecule has 0 aromatic carbocycles. The summed E-state index contributed by atoms with van der Waals surface area (Å²) >= 11 is 0. The maximum atomic E-state index is 12.7. The second-order valence-corrected chi connectivity index (χ2v) is 1.97. The first-order valence-corrected chi connectivity index (χ1v) is 3.10. The molecule has 1 aromatic rings. The largest absolute Gasteiger partial charge is 0.325 e. The Morgan fingerprint density at radius 1 is 1.64 bits per heavy atom. The van der Waals surface area contributed by atoms with Gasteiger partial charge in [0.25, 0.3) is 0 Å². The van der Waals surface area contributed by atoms with E-state index in [2.05, 4.69) is 10.9 Å². The minimum Gasteiger partial charge on any atom is -0.325 e. The smallest absolute Gasteiger partial charge is 0.146 e. The van der Waals surface area contributed by atoms with Crippen LogP contribution in [0.3, 0.4) is 0 Å². The Balaban J connectivity index is 3.15. The summed E-state index contributed by atoms with van der Waals surface area (Å²) in [7, 11) is 0. The quantitative estimate of drug-likeness (QED) is 0.597. The number of hydrogen-bond acceptors (Lipinski definition) is 2. The Morgan fingerprint density at radius 3 is 2.91 bits per heavy atom. The topological polar surface area (TPSA) is 38.9 Å². The summed E-state index contributed by atoms with van der Waals surface area (Å²) in [6.45, 7) is 0.0708. The van der Waals surface area contributed by atoms with Crippen molar-refractivity contribution < 1.29 is 4.39 Å². The lowest BCUT2D eigenvalue weighted by atomic mass is 10.3. The predicted molar refractivity (Wildman–Crippen MR) is 40.0 cm³/mol. The molecule has 1 rings (SSSR count). The zero-order valence-electron chi connectivity index (χ0n) is 5.84. The minimum atomic E-state index is -0.411. The minimum absolute atomic E-state index is 0.0708. The second kappa shape index (κ2) is 3.13. The lowest BCUT2D eigenvalue weighted by Crippen LogP contribution is -2.03. The molecule has 0 spiro atoms. The van der Waals surface area contributed by atoms with E-state index in [1.165, 1.54) is 12.1 Å². The summed E-state index contributed by atoms with van der Waals surface area (Å²) < 4.78 is 12.7. The van der Waals surface area contributed by atoms with E-state index in [0.29, 0.717) is 5.69 Å². The second-order valence-electron chi connectivity index (χ2n) is 1.97. The van der Waals surface area contributed by atoms with Crippen molar-refractivity contribution in [1.29, 1.82) is 0 Å². The Morgan fingerprint density at radius 2 is 2.36 bits per heavy atom. The van der Waals surface area contributed by atoms with Gasteiger partial charge >= 0.3 is 0 Å². The van der Waals surface area contributed by atoms with Gasteiger partial charge in [0.15, 0.2) is 0 Å². The molecule has 0 bridgehead atoms. The van der Waals surface area contributed by atoms with Crippen LogP contribution in [0.4, 0.5) is 4.39 Å². The van der Waals surface area contributed by atoms with Crippen molar-refractivity contribution >= 4 is 0 Å². The van der Waals surface area contributed by atoms with Gasteiger partial charge < -0.3 is 5.73 Å². The van der Waals surface area contributed by atoms with Gasteiger partial charge in [-0.05, 0) is 12.1 Å². The van der Waals surface area contributed by atoms with Gasteiger partial charge in [0, 0.05) is 6.54 Å². The van der Waals surface area contributed by atoms with Crippen LogP contribution >= 0.6 is 0 Å². The van der Waals surface area contributed by atoms with Gasteiger partial charge in [-0.1, -0.05) is 5.92 Å². The van der Waals surface area contributed by atoms with Crippen molar-refractivity contribution in [2.45, 2.75) is 6.54 Å². The summed E-state index contributed by atoms with van der Waals surface area (Å²) in [6.07, 6.45) is 5.05. The lowest BCUT2D eigenvalue weighted by Gasteiger charge is -1.97. The van der Waals surface area contributed by atoms with E-state index in [1.54, 1.807) is 0 Å². The molecule has 0 radical (unpaired) electrons. The van der Waals surface area contributed by atoms with Gasteiger partial charge in [-0.15, -0.1) is 6.42 Å². The highest BCUT2D eigenvalue weighted by Gasteiger charge is 2.00. The molecule has 0 unspecified atom stereocenters. The number of nitrogens with zero attached hydrogens (tertiary/aromatic N) is 1.